The summed E-state index contributed by atoms with van der Waals surface area (Å²) in [5, 5.41) is 3.22. The predicted octanol–water partition coefficient (Wildman–Crippen LogP) is 2.01. The Balaban J connectivity index is 2.40. The van der Waals surface area contributed by atoms with Gasteiger partial charge in [0.15, 0.2) is 0 Å². The van der Waals surface area contributed by atoms with E-state index in [1.807, 2.05) is 6.07 Å². The largest absolute Gasteiger partial charge is 0.385 e. The first-order chi connectivity index (χ1) is 6.86. The molecule has 0 fully saturated rings. The minimum absolute atomic E-state index is 0.474. The van der Waals surface area contributed by atoms with Gasteiger partial charge in [0.2, 0.25) is 0 Å². The fourth-order valence-electron chi connectivity index (χ4n) is 1.40. The van der Waals surface area contributed by atoms with Crippen LogP contribution in [0.25, 0.3) is 0 Å². The predicted molar refractivity (Wildman–Crippen MR) is 63.3 cm³/mol. The molecule has 0 bridgehead atoms. The molecular weight excluding hydrogens is 193 g/mol. The van der Waals surface area contributed by atoms with Gasteiger partial charge in [-0.15, -0.1) is 0 Å². The van der Waals surface area contributed by atoms with Crippen molar-refractivity contribution in [3.8, 4) is 0 Å². The fraction of sp³-hybridized carbons (Fsp3) is 0.455. The van der Waals surface area contributed by atoms with Gasteiger partial charge in [-0.1, -0.05) is 39.7 Å². The lowest BCUT2D eigenvalue weighted by atomic mass is 10.0. The summed E-state index contributed by atoms with van der Waals surface area (Å²) in [6.07, 6.45) is 2.09. The zero-order valence-corrected chi connectivity index (χ0v) is 9.73. The maximum absolute atomic E-state index is 5.06. The van der Waals surface area contributed by atoms with E-state index in [0.29, 0.717) is 6.04 Å². The maximum atomic E-state index is 5.06. The van der Waals surface area contributed by atoms with Crippen molar-refractivity contribution < 1.29 is 4.74 Å². The van der Waals surface area contributed by atoms with Crippen LogP contribution in [0.1, 0.15) is 12.0 Å². The molecule has 2 atom stereocenters. The second-order valence-electron chi connectivity index (χ2n) is 3.33. The van der Waals surface area contributed by atoms with Gasteiger partial charge in [-0.2, -0.15) is 0 Å². The van der Waals surface area contributed by atoms with Gasteiger partial charge in [-0.05, 0) is 18.4 Å². The molecule has 0 aromatic heterocycles. The summed E-state index contributed by atoms with van der Waals surface area (Å²) >= 11 is 0. The van der Waals surface area contributed by atoms with Crippen LogP contribution in [0.2, 0.25) is 0 Å². The molecule has 0 saturated heterocycles. The Morgan fingerprint density at radius 1 is 1.36 bits per heavy atom. The number of methoxy groups -OCH3 is 1. The van der Waals surface area contributed by atoms with E-state index >= 15 is 0 Å². The Kier molecular flexibility index (Phi) is 5.77. The van der Waals surface area contributed by atoms with Gasteiger partial charge in [0, 0.05) is 19.8 Å². The third kappa shape index (κ3) is 4.19. The lowest BCUT2D eigenvalue weighted by Crippen LogP contribution is -2.24. The van der Waals surface area contributed by atoms with E-state index in [4.69, 9.17) is 4.74 Å². The average Bonchev–Trinajstić information content (AvgIpc) is 2.25. The molecule has 0 aliphatic carbocycles. The molecule has 1 aromatic rings. The molecule has 1 unspecified atom stereocenters. The lowest BCUT2D eigenvalue weighted by Gasteiger charge is -2.15. The van der Waals surface area contributed by atoms with E-state index in [1.54, 1.807) is 7.11 Å². The molecular formula is C11H18NOP. The van der Waals surface area contributed by atoms with Gasteiger partial charge in [-0.3, -0.25) is 5.09 Å². The molecule has 0 aliphatic heterocycles. The standard InChI is InChI=1S/C11H18NOP/c1-13-8-7-11(12-14)9-10-5-3-2-4-6-10/h2-6,11-12H,7-9,14H2,1H3/t11-/m1/s1. The zero-order valence-electron chi connectivity index (χ0n) is 8.57. The Morgan fingerprint density at radius 3 is 2.64 bits per heavy atom. The van der Waals surface area contributed by atoms with Crippen LogP contribution in [0.4, 0.5) is 0 Å². The molecule has 0 saturated carbocycles. The molecule has 1 N–H and O–H groups in total. The average molecular weight is 211 g/mol. The highest BCUT2D eigenvalue weighted by Gasteiger charge is 2.06. The molecule has 78 valence electrons. The van der Waals surface area contributed by atoms with Gasteiger partial charge in [0.1, 0.15) is 0 Å². The summed E-state index contributed by atoms with van der Waals surface area (Å²) in [6.45, 7) is 0.804. The molecule has 3 heteroatoms. The summed E-state index contributed by atoms with van der Waals surface area (Å²) in [6, 6.07) is 11.0. The molecule has 14 heavy (non-hydrogen) atoms. The number of ether oxygens (including phenoxy) is 1. The molecule has 0 spiro atoms. The van der Waals surface area contributed by atoms with Crippen molar-refractivity contribution >= 4 is 9.39 Å². The monoisotopic (exact) mass is 211 g/mol. The maximum Gasteiger partial charge on any atom is 0.0477 e. The molecule has 2 nitrogen and oxygen atoms in total. The second-order valence-corrected chi connectivity index (χ2v) is 3.67. The molecule has 0 aliphatic rings. The summed E-state index contributed by atoms with van der Waals surface area (Å²) in [5.74, 6) is 0. The van der Waals surface area contributed by atoms with Gasteiger partial charge in [0.05, 0.1) is 0 Å². The molecule has 1 aromatic carbocycles. The highest BCUT2D eigenvalue weighted by Crippen LogP contribution is 2.06. The summed E-state index contributed by atoms with van der Waals surface area (Å²) in [5.41, 5.74) is 1.36. The van der Waals surface area contributed by atoms with Crippen molar-refractivity contribution in [3.63, 3.8) is 0 Å². The number of nitrogens with one attached hydrogen (secondary N) is 1. The van der Waals surface area contributed by atoms with Crippen molar-refractivity contribution in [1.82, 2.24) is 5.09 Å². The molecule has 0 radical (unpaired) electrons. The molecule has 0 heterocycles. The van der Waals surface area contributed by atoms with Crippen LogP contribution in [0.3, 0.4) is 0 Å². The van der Waals surface area contributed by atoms with Gasteiger partial charge < -0.3 is 4.74 Å². The molecule has 0 amide bonds. The summed E-state index contributed by atoms with van der Waals surface area (Å²) in [4.78, 5) is 0. The topological polar surface area (TPSA) is 21.3 Å². The lowest BCUT2D eigenvalue weighted by molar-refractivity contribution is 0.186. The summed E-state index contributed by atoms with van der Waals surface area (Å²) in [7, 11) is 4.32. The Morgan fingerprint density at radius 2 is 2.07 bits per heavy atom. The van der Waals surface area contributed by atoms with E-state index in [1.165, 1.54) is 5.56 Å². The van der Waals surface area contributed by atoms with E-state index in [-0.39, 0.29) is 0 Å². The van der Waals surface area contributed by atoms with Crippen molar-refractivity contribution in [2.45, 2.75) is 18.9 Å². The fourth-order valence-corrected chi connectivity index (χ4v) is 1.69. The Bertz CT molecular complexity index is 240. The minimum atomic E-state index is 0.474. The van der Waals surface area contributed by atoms with E-state index < -0.39 is 0 Å². The minimum Gasteiger partial charge on any atom is -0.385 e. The smallest absolute Gasteiger partial charge is 0.0477 e. The van der Waals surface area contributed by atoms with Crippen LogP contribution in [-0.4, -0.2) is 19.8 Å². The van der Waals surface area contributed by atoms with Crippen molar-refractivity contribution in [2.75, 3.05) is 13.7 Å². The number of benzene rings is 1. The zero-order chi connectivity index (χ0) is 10.2. The van der Waals surface area contributed by atoms with Crippen LogP contribution in [0.15, 0.2) is 30.3 Å². The first-order valence-electron chi connectivity index (χ1n) is 4.86. The van der Waals surface area contributed by atoms with Gasteiger partial charge in [0.25, 0.3) is 0 Å². The highest BCUT2D eigenvalue weighted by molar-refractivity contribution is 7.13. The number of rotatable bonds is 6. The van der Waals surface area contributed by atoms with Crippen LogP contribution in [0.5, 0.6) is 0 Å². The SMILES string of the molecule is COCC[C@H](Cc1ccccc1)NP. The third-order valence-corrected chi connectivity index (χ3v) is 2.70. The third-order valence-electron chi connectivity index (χ3n) is 2.23. The first-order valence-corrected chi connectivity index (χ1v) is 5.43. The van der Waals surface area contributed by atoms with E-state index in [9.17, 15) is 0 Å². The van der Waals surface area contributed by atoms with Crippen LogP contribution < -0.4 is 5.09 Å². The number of hydrogen-bond donors (Lipinski definition) is 1. The van der Waals surface area contributed by atoms with E-state index in [2.05, 4.69) is 38.7 Å². The number of hydrogen-bond acceptors (Lipinski definition) is 2. The van der Waals surface area contributed by atoms with Crippen LogP contribution >= 0.6 is 9.39 Å². The first kappa shape index (κ1) is 11.6. The van der Waals surface area contributed by atoms with Crippen LogP contribution in [0, 0.1) is 0 Å². The quantitative estimate of drug-likeness (QED) is 0.727. The van der Waals surface area contributed by atoms with Gasteiger partial charge >= 0.3 is 0 Å². The van der Waals surface area contributed by atoms with Gasteiger partial charge in [-0.25, -0.2) is 0 Å². The summed E-state index contributed by atoms with van der Waals surface area (Å²) < 4.78 is 5.06. The van der Waals surface area contributed by atoms with Crippen LogP contribution in [-0.2, 0) is 11.2 Å². The van der Waals surface area contributed by atoms with Crippen molar-refractivity contribution in [1.29, 1.82) is 0 Å². The Hall–Kier alpha value is -0.430. The normalized spacial score (nSPS) is 12.7. The Labute approximate surface area is 88.3 Å². The molecule has 1 rings (SSSR count). The van der Waals surface area contributed by atoms with E-state index in [0.717, 1.165) is 19.4 Å². The second kappa shape index (κ2) is 6.94. The van der Waals surface area contributed by atoms with Crippen molar-refractivity contribution in [3.05, 3.63) is 35.9 Å². The van der Waals surface area contributed by atoms with Crippen molar-refractivity contribution in [2.24, 2.45) is 0 Å². The highest BCUT2D eigenvalue weighted by atomic mass is 31.0.